The summed E-state index contributed by atoms with van der Waals surface area (Å²) in [5, 5.41) is 19.9. The maximum absolute atomic E-state index is 14.0. The zero-order chi connectivity index (χ0) is 34.0. The van der Waals surface area contributed by atoms with E-state index in [2.05, 4.69) is 10.6 Å². The van der Waals surface area contributed by atoms with E-state index < -0.39 is 28.4 Å². The van der Waals surface area contributed by atoms with Gasteiger partial charge in [-0.2, -0.15) is 13.2 Å². The van der Waals surface area contributed by atoms with Gasteiger partial charge in [-0.25, -0.2) is 4.79 Å². The van der Waals surface area contributed by atoms with E-state index in [0.717, 1.165) is 62.5 Å². The van der Waals surface area contributed by atoms with Gasteiger partial charge in [-0.1, -0.05) is 11.6 Å². The number of piperidine rings is 3. The Labute approximate surface area is 287 Å². The quantitative estimate of drug-likeness (QED) is 0.328. The average Bonchev–Trinajstić information content (AvgIpc) is 3.45. The highest BCUT2D eigenvalue weighted by molar-refractivity contribution is 7.08. The molecule has 1 aromatic carbocycles. The molecule has 4 aliphatic heterocycles. The Hall–Kier alpha value is -3.03. The summed E-state index contributed by atoms with van der Waals surface area (Å²) in [5.41, 5.74) is 0.843. The Morgan fingerprint density at radius 1 is 0.958 bits per heavy atom. The van der Waals surface area contributed by atoms with Crippen molar-refractivity contribution >= 4 is 46.5 Å². The number of amides is 4. The van der Waals surface area contributed by atoms with Crippen LogP contribution in [0.4, 0.5) is 23.7 Å². The molecule has 3 N–H and O–H groups in total. The predicted molar refractivity (Wildman–Crippen MR) is 178 cm³/mol. The monoisotopic (exact) mass is 709 g/mol. The molecule has 0 unspecified atom stereocenters. The number of phenolic OH excluding ortho intramolecular Hbond substituents is 1. The van der Waals surface area contributed by atoms with Crippen LogP contribution in [0.5, 0.6) is 5.75 Å². The van der Waals surface area contributed by atoms with Crippen LogP contribution in [0.3, 0.4) is 0 Å². The van der Waals surface area contributed by atoms with E-state index in [4.69, 9.17) is 11.6 Å². The van der Waals surface area contributed by atoms with Crippen molar-refractivity contribution in [2.24, 2.45) is 17.8 Å². The van der Waals surface area contributed by atoms with Crippen LogP contribution in [0.25, 0.3) is 0 Å². The lowest BCUT2D eigenvalue weighted by atomic mass is 9.79. The number of nitrogens with one attached hydrogen (secondary N) is 2. The number of nitrogens with zero attached hydrogens (tertiary/aromatic N) is 3. The van der Waals surface area contributed by atoms with Gasteiger partial charge >= 0.3 is 12.2 Å². The summed E-state index contributed by atoms with van der Waals surface area (Å²) in [6.07, 6.45) is 0.812. The maximum Gasteiger partial charge on any atom is 0.420 e. The number of halogens is 4. The summed E-state index contributed by atoms with van der Waals surface area (Å²) in [4.78, 5) is 46.0. The third kappa shape index (κ3) is 7.89. The molecule has 9 nitrogen and oxygen atoms in total. The lowest BCUT2D eigenvalue weighted by molar-refractivity contribution is -0.143. The molecule has 14 heteroatoms. The molecule has 3 fully saturated rings. The third-order valence-corrected chi connectivity index (χ3v) is 11.8. The van der Waals surface area contributed by atoms with Gasteiger partial charge in [0.1, 0.15) is 5.75 Å². The number of carbonyl (C=O) groups is 3. The Morgan fingerprint density at radius 2 is 1.62 bits per heavy atom. The molecule has 4 aliphatic rings. The zero-order valence-electron chi connectivity index (χ0n) is 26.9. The number of likely N-dealkylation sites (tertiary alicyclic amines) is 2. The fraction of sp³-hybridized carbons (Fsp3) is 0.618. The van der Waals surface area contributed by atoms with Crippen molar-refractivity contribution in [2.45, 2.75) is 70.0 Å². The second-order valence-electron chi connectivity index (χ2n) is 13.6. The van der Waals surface area contributed by atoms with E-state index in [1.165, 1.54) is 6.07 Å². The number of aromatic hydroxyl groups is 1. The van der Waals surface area contributed by atoms with E-state index in [9.17, 15) is 32.7 Å². The molecular formula is C34H43ClF3N5O4S. The van der Waals surface area contributed by atoms with Gasteiger partial charge in [0.25, 0.3) is 0 Å². The fourth-order valence-electron chi connectivity index (χ4n) is 7.96. The lowest BCUT2D eigenvalue weighted by Crippen LogP contribution is -2.50. The number of urea groups is 1. The van der Waals surface area contributed by atoms with E-state index in [1.807, 2.05) is 15.7 Å². The van der Waals surface area contributed by atoms with E-state index >= 15 is 0 Å². The Balaban J connectivity index is 1.12. The topological polar surface area (TPSA) is 105 Å². The summed E-state index contributed by atoms with van der Waals surface area (Å²) in [6.45, 7) is 4.54. The highest BCUT2D eigenvalue weighted by atomic mass is 35.5. The second kappa shape index (κ2) is 14.8. The highest BCUT2D eigenvalue weighted by Crippen LogP contribution is 2.41. The van der Waals surface area contributed by atoms with Crippen molar-refractivity contribution in [1.82, 2.24) is 20.0 Å². The van der Waals surface area contributed by atoms with Crippen molar-refractivity contribution in [3.8, 4) is 5.75 Å². The van der Waals surface area contributed by atoms with Gasteiger partial charge in [0.15, 0.2) is 0 Å². The molecule has 4 amide bonds. The highest BCUT2D eigenvalue weighted by Gasteiger charge is 2.38. The van der Waals surface area contributed by atoms with Crippen LogP contribution in [-0.4, -0.2) is 89.5 Å². The van der Waals surface area contributed by atoms with Crippen molar-refractivity contribution in [3.05, 3.63) is 44.6 Å². The Bertz CT molecular complexity index is 1480. The molecule has 1 atom stereocenters. The van der Waals surface area contributed by atoms with Gasteiger partial charge in [0.05, 0.1) is 22.2 Å². The number of carbonyl (C=O) groups excluding carboxylic acids is 3. The van der Waals surface area contributed by atoms with Crippen LogP contribution >= 0.6 is 22.9 Å². The van der Waals surface area contributed by atoms with E-state index in [0.29, 0.717) is 57.4 Å². The molecule has 3 saturated heterocycles. The van der Waals surface area contributed by atoms with Gasteiger partial charge < -0.3 is 30.4 Å². The van der Waals surface area contributed by atoms with Crippen LogP contribution < -0.4 is 10.6 Å². The molecular weight excluding hydrogens is 667 g/mol. The first-order chi connectivity index (χ1) is 23.0. The molecule has 0 radical (unpaired) electrons. The predicted octanol–water partition coefficient (Wildman–Crippen LogP) is 5.99. The smallest absolute Gasteiger partial charge is 0.420 e. The molecule has 0 saturated carbocycles. The standard InChI is InChI=1S/C34H43ClF3N5O4S/c35-28-17-21(16-27(31(28)45)34(36,37)38)15-25(32(46)42-10-3-23(4-11-42)22-1-8-39-9-2-22)18-30(44)41-12-6-26(7-13-41)43-14-5-24-19-48-20-29(24)40-33(43)47/h16-17,19-20,22-23,25-26,39,45H,1-15,18H2,(H,40,47)/t25-/m0/s1. The summed E-state index contributed by atoms with van der Waals surface area (Å²) in [6, 6.07) is 1.90. The number of hydrogen-bond donors (Lipinski definition) is 3. The van der Waals surface area contributed by atoms with Gasteiger partial charge in [0.2, 0.25) is 11.8 Å². The van der Waals surface area contributed by atoms with Crippen LogP contribution in [0.15, 0.2) is 22.9 Å². The summed E-state index contributed by atoms with van der Waals surface area (Å²) in [5.74, 6) is -1.27. The van der Waals surface area contributed by atoms with Crippen molar-refractivity contribution in [3.63, 3.8) is 0 Å². The van der Waals surface area contributed by atoms with Gasteiger partial charge in [-0.3, -0.25) is 9.59 Å². The molecule has 5 heterocycles. The number of alkyl halides is 3. The fourth-order valence-corrected chi connectivity index (χ4v) is 9.02. The molecule has 0 aliphatic carbocycles. The van der Waals surface area contributed by atoms with Crippen LogP contribution in [0.1, 0.15) is 61.6 Å². The molecule has 0 bridgehead atoms. The minimum atomic E-state index is -4.84. The normalized spacial score (nSPS) is 21.1. The van der Waals surface area contributed by atoms with Gasteiger partial charge in [-0.15, -0.1) is 11.3 Å². The molecule has 2 aromatic rings. The number of anilines is 1. The van der Waals surface area contributed by atoms with E-state index in [-0.39, 0.29) is 42.3 Å². The number of rotatable bonds is 7. The number of hydrogen-bond acceptors (Lipinski definition) is 6. The molecule has 0 spiro atoms. The summed E-state index contributed by atoms with van der Waals surface area (Å²) in [7, 11) is 0. The first kappa shape index (κ1) is 34.8. The van der Waals surface area contributed by atoms with Crippen molar-refractivity contribution in [2.75, 3.05) is 51.1 Å². The summed E-state index contributed by atoms with van der Waals surface area (Å²) >= 11 is 7.57. The molecule has 48 heavy (non-hydrogen) atoms. The van der Waals surface area contributed by atoms with Crippen molar-refractivity contribution in [1.29, 1.82) is 0 Å². The van der Waals surface area contributed by atoms with Gasteiger partial charge in [-0.05, 0) is 105 Å². The largest absolute Gasteiger partial charge is 0.506 e. The van der Waals surface area contributed by atoms with Gasteiger partial charge in [0, 0.05) is 50.6 Å². The van der Waals surface area contributed by atoms with Crippen LogP contribution in [-0.2, 0) is 28.6 Å². The SMILES string of the molecule is O=C(C[C@H](Cc1cc(Cl)c(O)c(C(F)(F)F)c1)C(=O)N1CCC(C2CCNCC2)CC1)N1CCC(N2CCc3cscc3NC2=O)CC1. The number of phenols is 1. The first-order valence-corrected chi connectivity index (χ1v) is 18.3. The van der Waals surface area contributed by atoms with Crippen LogP contribution in [0, 0.1) is 17.8 Å². The lowest BCUT2D eigenvalue weighted by Gasteiger charge is -2.40. The first-order valence-electron chi connectivity index (χ1n) is 17.0. The Kier molecular flexibility index (Phi) is 10.8. The van der Waals surface area contributed by atoms with Crippen LogP contribution in [0.2, 0.25) is 5.02 Å². The molecule has 1 aromatic heterocycles. The average molecular weight is 710 g/mol. The summed E-state index contributed by atoms with van der Waals surface area (Å²) < 4.78 is 41.2. The van der Waals surface area contributed by atoms with Crippen molar-refractivity contribution < 1.29 is 32.7 Å². The minimum Gasteiger partial charge on any atom is -0.506 e. The number of fused-ring (bicyclic) bond motifs is 1. The Morgan fingerprint density at radius 3 is 2.31 bits per heavy atom. The second-order valence-corrected chi connectivity index (χ2v) is 14.8. The van der Waals surface area contributed by atoms with E-state index in [1.54, 1.807) is 21.1 Å². The molecule has 262 valence electrons. The number of thiophene rings is 1. The number of benzene rings is 1. The zero-order valence-corrected chi connectivity index (χ0v) is 28.4. The maximum atomic E-state index is 14.0. The molecule has 6 rings (SSSR count). The minimum absolute atomic E-state index is 0.0275. The third-order valence-electron chi connectivity index (χ3n) is 10.7.